The van der Waals surface area contributed by atoms with Gasteiger partial charge in [-0.2, -0.15) is 0 Å². The van der Waals surface area contributed by atoms with Crippen LogP contribution in [0.2, 0.25) is 0 Å². The van der Waals surface area contributed by atoms with E-state index in [-0.39, 0.29) is 0 Å². The number of ether oxygens (including phenoxy) is 1. The first-order valence-corrected chi connectivity index (χ1v) is 7.24. The second-order valence-corrected chi connectivity index (χ2v) is 5.62. The van der Waals surface area contributed by atoms with Crippen LogP contribution in [0.25, 0.3) is 0 Å². The number of benzene rings is 2. The number of hydrogen-bond acceptors (Lipinski definition) is 3. The summed E-state index contributed by atoms with van der Waals surface area (Å²) >= 11 is 7.93. The third-order valence-corrected chi connectivity index (χ3v) is 3.77. The van der Waals surface area contributed by atoms with Crippen molar-refractivity contribution in [3.63, 3.8) is 0 Å². The average Bonchev–Trinajstić information content (AvgIpc) is 2.43. The van der Waals surface area contributed by atoms with Crippen LogP contribution >= 0.6 is 28.6 Å². The van der Waals surface area contributed by atoms with E-state index in [2.05, 4.69) is 52.1 Å². The summed E-state index contributed by atoms with van der Waals surface area (Å²) < 4.78 is 6.21. The van der Waals surface area contributed by atoms with E-state index >= 15 is 0 Å². The first-order chi connectivity index (χ1) is 9.19. The van der Waals surface area contributed by atoms with Crippen molar-refractivity contribution in [3.8, 4) is 5.75 Å². The molecule has 2 aromatic rings. The maximum absolute atomic E-state index is 5.14. The summed E-state index contributed by atoms with van der Waals surface area (Å²) in [5.74, 6) is 0.883. The molecule has 0 heterocycles. The van der Waals surface area contributed by atoms with Crippen LogP contribution in [0, 0.1) is 0 Å². The Morgan fingerprint density at radius 3 is 2.53 bits per heavy atom. The molecule has 1 N–H and O–H groups in total. The van der Waals surface area contributed by atoms with Crippen molar-refractivity contribution in [2.24, 2.45) is 0 Å². The highest BCUT2D eigenvalue weighted by molar-refractivity contribution is 9.10. The third-order valence-electron chi connectivity index (χ3n) is 2.85. The Balaban J connectivity index is 1.90. The Hall–Kier alpha value is -0.970. The van der Waals surface area contributed by atoms with Gasteiger partial charge in [-0.05, 0) is 41.5 Å². The van der Waals surface area contributed by atoms with Gasteiger partial charge in [0.25, 0.3) is 0 Å². The lowest BCUT2D eigenvalue weighted by Crippen LogP contribution is -2.13. The smallest absolute Gasteiger partial charge is 0.118 e. The molecule has 0 fully saturated rings. The fourth-order valence-corrected chi connectivity index (χ4v) is 2.41. The van der Waals surface area contributed by atoms with Crippen LogP contribution in [-0.2, 0) is 13.1 Å². The van der Waals surface area contributed by atoms with Gasteiger partial charge in [0, 0.05) is 22.5 Å². The van der Waals surface area contributed by atoms with Crippen LogP contribution < -0.4 is 10.1 Å². The van der Waals surface area contributed by atoms with E-state index < -0.39 is 0 Å². The third kappa shape index (κ3) is 4.27. The highest BCUT2D eigenvalue weighted by atomic mass is 79.9. The summed E-state index contributed by atoms with van der Waals surface area (Å²) in [6, 6.07) is 14.2. The number of methoxy groups -OCH3 is 1. The van der Waals surface area contributed by atoms with Crippen molar-refractivity contribution >= 4 is 28.6 Å². The van der Waals surface area contributed by atoms with Crippen LogP contribution in [0.4, 0.5) is 0 Å². The molecule has 0 unspecified atom stereocenters. The Kier molecular flexibility index (Phi) is 5.31. The standard InChI is InChI=1S/C15H16BrNOS/c1-18-14-5-2-11(3-6-14)9-17-10-12-8-13(16)4-7-15(12)19/h2-8,17,19H,9-10H2,1H3. The summed E-state index contributed by atoms with van der Waals surface area (Å²) in [5.41, 5.74) is 2.42. The Morgan fingerprint density at radius 2 is 1.84 bits per heavy atom. The summed E-state index contributed by atoms with van der Waals surface area (Å²) in [6.07, 6.45) is 0. The van der Waals surface area contributed by atoms with Crippen molar-refractivity contribution in [1.29, 1.82) is 0 Å². The van der Waals surface area contributed by atoms with Crippen molar-refractivity contribution in [2.45, 2.75) is 18.0 Å². The van der Waals surface area contributed by atoms with Crippen molar-refractivity contribution < 1.29 is 4.74 Å². The van der Waals surface area contributed by atoms with Gasteiger partial charge in [-0.3, -0.25) is 0 Å². The summed E-state index contributed by atoms with van der Waals surface area (Å²) in [4.78, 5) is 1.01. The highest BCUT2D eigenvalue weighted by Gasteiger charge is 2.00. The largest absolute Gasteiger partial charge is 0.497 e. The SMILES string of the molecule is COc1ccc(CNCc2cc(Br)ccc2S)cc1. The molecular weight excluding hydrogens is 322 g/mol. The number of thiol groups is 1. The van der Waals surface area contributed by atoms with Crippen molar-refractivity contribution in [3.05, 3.63) is 58.1 Å². The predicted octanol–water partition coefficient (Wildman–Crippen LogP) is 4.04. The Labute approximate surface area is 127 Å². The minimum atomic E-state index is 0.796. The predicted molar refractivity (Wildman–Crippen MR) is 84.9 cm³/mol. The minimum absolute atomic E-state index is 0.796. The van der Waals surface area contributed by atoms with Crippen molar-refractivity contribution in [2.75, 3.05) is 7.11 Å². The lowest BCUT2D eigenvalue weighted by Gasteiger charge is -2.08. The van der Waals surface area contributed by atoms with Gasteiger partial charge in [0.1, 0.15) is 5.75 Å². The number of rotatable bonds is 5. The highest BCUT2D eigenvalue weighted by Crippen LogP contribution is 2.19. The summed E-state index contributed by atoms with van der Waals surface area (Å²) in [7, 11) is 1.68. The molecular formula is C15H16BrNOS. The molecule has 0 radical (unpaired) electrons. The lowest BCUT2D eigenvalue weighted by atomic mass is 10.2. The van der Waals surface area contributed by atoms with Gasteiger partial charge in [-0.15, -0.1) is 12.6 Å². The van der Waals surface area contributed by atoms with Gasteiger partial charge in [0.15, 0.2) is 0 Å². The van der Waals surface area contributed by atoms with Crippen LogP contribution in [-0.4, -0.2) is 7.11 Å². The van der Waals surface area contributed by atoms with Crippen LogP contribution in [0.3, 0.4) is 0 Å². The van der Waals surface area contributed by atoms with E-state index in [9.17, 15) is 0 Å². The summed E-state index contributed by atoms with van der Waals surface area (Å²) in [6.45, 7) is 1.62. The average molecular weight is 338 g/mol. The molecule has 0 saturated carbocycles. The van der Waals surface area contributed by atoms with Gasteiger partial charge in [-0.25, -0.2) is 0 Å². The Morgan fingerprint density at radius 1 is 1.11 bits per heavy atom. The maximum Gasteiger partial charge on any atom is 0.118 e. The second-order valence-electron chi connectivity index (χ2n) is 4.22. The minimum Gasteiger partial charge on any atom is -0.497 e. The van der Waals surface area contributed by atoms with Crippen molar-refractivity contribution in [1.82, 2.24) is 5.32 Å². The zero-order chi connectivity index (χ0) is 13.7. The van der Waals surface area contributed by atoms with E-state index in [4.69, 9.17) is 4.74 Å². The van der Waals surface area contributed by atoms with Crippen LogP contribution in [0.5, 0.6) is 5.75 Å². The fourth-order valence-electron chi connectivity index (χ4n) is 1.78. The molecule has 2 nitrogen and oxygen atoms in total. The fraction of sp³-hybridized carbons (Fsp3) is 0.200. The topological polar surface area (TPSA) is 21.3 Å². The van der Waals surface area contributed by atoms with E-state index in [0.29, 0.717) is 0 Å². The molecule has 0 bridgehead atoms. The molecule has 0 spiro atoms. The number of nitrogens with one attached hydrogen (secondary N) is 1. The Bertz CT molecular complexity index is 542. The molecule has 0 aromatic heterocycles. The quantitative estimate of drug-likeness (QED) is 0.803. The molecule has 2 rings (SSSR count). The molecule has 0 amide bonds. The first-order valence-electron chi connectivity index (χ1n) is 6.00. The van der Waals surface area contributed by atoms with E-state index in [0.717, 1.165) is 28.2 Å². The van der Waals surface area contributed by atoms with Gasteiger partial charge in [0.05, 0.1) is 7.11 Å². The summed E-state index contributed by atoms with van der Waals surface area (Å²) in [5, 5.41) is 3.41. The molecule has 2 aromatic carbocycles. The molecule has 4 heteroatoms. The van der Waals surface area contributed by atoms with Gasteiger partial charge in [-0.1, -0.05) is 28.1 Å². The van der Waals surface area contributed by atoms with Crippen LogP contribution in [0.15, 0.2) is 51.8 Å². The maximum atomic E-state index is 5.14. The van der Waals surface area contributed by atoms with E-state index in [1.54, 1.807) is 7.11 Å². The molecule has 19 heavy (non-hydrogen) atoms. The molecule has 0 atom stereocenters. The van der Waals surface area contributed by atoms with E-state index in [1.165, 1.54) is 11.1 Å². The van der Waals surface area contributed by atoms with Gasteiger partial charge in [0.2, 0.25) is 0 Å². The molecule has 0 aliphatic heterocycles. The zero-order valence-corrected chi connectivity index (χ0v) is 13.2. The number of halogens is 1. The van der Waals surface area contributed by atoms with Crippen LogP contribution in [0.1, 0.15) is 11.1 Å². The van der Waals surface area contributed by atoms with Gasteiger partial charge < -0.3 is 10.1 Å². The molecule has 0 aliphatic rings. The molecule has 100 valence electrons. The van der Waals surface area contributed by atoms with E-state index in [1.807, 2.05) is 24.3 Å². The lowest BCUT2D eigenvalue weighted by molar-refractivity contribution is 0.414. The van der Waals surface area contributed by atoms with Gasteiger partial charge >= 0.3 is 0 Å². The zero-order valence-electron chi connectivity index (χ0n) is 10.7. The normalized spacial score (nSPS) is 10.5. The second kappa shape index (κ2) is 6.98. The monoisotopic (exact) mass is 337 g/mol. The molecule has 0 saturated heterocycles. The molecule has 0 aliphatic carbocycles. The first kappa shape index (κ1) is 14.4. The number of hydrogen-bond donors (Lipinski definition) is 2.